The van der Waals surface area contributed by atoms with Crippen molar-refractivity contribution in [3.63, 3.8) is 0 Å². The van der Waals surface area contributed by atoms with Gasteiger partial charge in [-0.15, -0.1) is 0 Å². The molecule has 0 spiro atoms. The second-order valence-corrected chi connectivity index (χ2v) is 3.78. The van der Waals surface area contributed by atoms with Crippen LogP contribution in [0.2, 0.25) is 0 Å². The first kappa shape index (κ1) is 13.7. The Labute approximate surface area is 100 Å². The summed E-state index contributed by atoms with van der Waals surface area (Å²) in [6.45, 7) is 0.240. The number of amides is 1. The molecule has 0 saturated heterocycles. The fourth-order valence-electron chi connectivity index (χ4n) is 1.50. The normalized spacial score (nSPS) is 10.1. The van der Waals surface area contributed by atoms with Crippen LogP contribution in [-0.4, -0.2) is 46.9 Å². The summed E-state index contributed by atoms with van der Waals surface area (Å²) in [6, 6.07) is 6.95. The summed E-state index contributed by atoms with van der Waals surface area (Å²) in [5.74, 6) is 0. The molecule has 92 valence electrons. The Balaban J connectivity index is 2.39. The Morgan fingerprint density at radius 2 is 1.88 bits per heavy atom. The highest BCUT2D eigenvalue weighted by Gasteiger charge is 2.09. The van der Waals surface area contributed by atoms with E-state index in [4.69, 9.17) is 15.2 Å². The molecule has 1 aromatic rings. The SMILES string of the molecule is O=CN(CO)CCCc1ccc(B(O)O)cc1. The molecule has 0 aliphatic heterocycles. The van der Waals surface area contributed by atoms with Gasteiger partial charge >= 0.3 is 7.12 Å². The molecule has 0 heterocycles. The van der Waals surface area contributed by atoms with Crippen LogP contribution in [0.15, 0.2) is 24.3 Å². The van der Waals surface area contributed by atoms with Crippen molar-refractivity contribution in [1.29, 1.82) is 0 Å². The van der Waals surface area contributed by atoms with E-state index in [0.717, 1.165) is 18.4 Å². The molecule has 0 aromatic heterocycles. The molecule has 3 N–H and O–H groups in total. The summed E-state index contributed by atoms with van der Waals surface area (Å²) in [5.41, 5.74) is 1.51. The number of hydrogen-bond donors (Lipinski definition) is 3. The number of carbonyl (C=O) groups excluding carboxylic acids is 1. The number of hydrogen-bond acceptors (Lipinski definition) is 4. The molecule has 0 saturated carbocycles. The Bertz CT molecular complexity index is 342. The lowest BCUT2D eigenvalue weighted by Gasteiger charge is -2.13. The van der Waals surface area contributed by atoms with Gasteiger partial charge < -0.3 is 20.1 Å². The number of nitrogens with zero attached hydrogens (tertiary/aromatic N) is 1. The minimum atomic E-state index is -1.44. The number of aryl methyl sites for hydroxylation is 1. The Morgan fingerprint density at radius 3 is 2.35 bits per heavy atom. The van der Waals surface area contributed by atoms with Crippen molar-refractivity contribution in [3.05, 3.63) is 29.8 Å². The first-order valence-corrected chi connectivity index (χ1v) is 5.42. The number of aliphatic hydroxyl groups is 1. The molecular formula is C11H16BNO4. The summed E-state index contributed by atoms with van der Waals surface area (Å²) in [6.07, 6.45) is 2.14. The molecule has 17 heavy (non-hydrogen) atoms. The van der Waals surface area contributed by atoms with E-state index in [1.54, 1.807) is 12.1 Å². The molecular weight excluding hydrogens is 221 g/mol. The van der Waals surface area contributed by atoms with Crippen LogP contribution in [-0.2, 0) is 11.2 Å². The second kappa shape index (κ2) is 7.06. The lowest BCUT2D eigenvalue weighted by molar-refractivity contribution is -0.121. The van der Waals surface area contributed by atoms with Crippen molar-refractivity contribution in [1.82, 2.24) is 4.90 Å². The van der Waals surface area contributed by atoms with Crippen molar-refractivity contribution in [2.24, 2.45) is 0 Å². The quantitative estimate of drug-likeness (QED) is 0.313. The summed E-state index contributed by atoms with van der Waals surface area (Å²) in [4.78, 5) is 11.7. The van der Waals surface area contributed by atoms with E-state index in [2.05, 4.69) is 0 Å². The third-order valence-corrected chi connectivity index (χ3v) is 2.52. The molecule has 0 aliphatic rings. The highest BCUT2D eigenvalue weighted by Crippen LogP contribution is 2.02. The first-order valence-electron chi connectivity index (χ1n) is 5.42. The summed E-state index contributed by atoms with van der Waals surface area (Å²) < 4.78 is 0. The lowest BCUT2D eigenvalue weighted by Crippen LogP contribution is -2.29. The zero-order valence-electron chi connectivity index (χ0n) is 9.49. The van der Waals surface area contributed by atoms with E-state index in [1.165, 1.54) is 4.90 Å². The highest BCUT2D eigenvalue weighted by molar-refractivity contribution is 6.58. The smallest absolute Gasteiger partial charge is 0.423 e. The molecule has 1 rings (SSSR count). The number of benzene rings is 1. The standard InChI is InChI=1S/C11H16BNO4/c14-8-13(9-15)7-1-2-10-3-5-11(6-4-10)12(16)17/h3-6,8,15-17H,1-2,7,9H2. The lowest BCUT2D eigenvalue weighted by atomic mass is 9.80. The predicted octanol–water partition coefficient (Wildman–Crippen LogP) is -1.29. The van der Waals surface area contributed by atoms with Gasteiger partial charge in [-0.1, -0.05) is 24.3 Å². The van der Waals surface area contributed by atoms with E-state index < -0.39 is 7.12 Å². The third kappa shape index (κ3) is 4.56. The van der Waals surface area contributed by atoms with Gasteiger partial charge in [-0.05, 0) is 23.9 Å². The van der Waals surface area contributed by atoms with Crippen LogP contribution in [0.25, 0.3) is 0 Å². The molecule has 0 fully saturated rings. The maximum absolute atomic E-state index is 10.4. The molecule has 0 unspecified atom stereocenters. The summed E-state index contributed by atoms with van der Waals surface area (Å²) in [5, 5.41) is 26.6. The average molecular weight is 237 g/mol. The number of aliphatic hydroxyl groups excluding tert-OH is 1. The minimum Gasteiger partial charge on any atom is -0.423 e. The van der Waals surface area contributed by atoms with Crippen molar-refractivity contribution in [2.45, 2.75) is 12.8 Å². The van der Waals surface area contributed by atoms with Gasteiger partial charge in [0.05, 0.1) is 0 Å². The maximum Gasteiger partial charge on any atom is 0.488 e. The molecule has 6 heteroatoms. The average Bonchev–Trinajstić information content (AvgIpc) is 2.35. The zero-order valence-corrected chi connectivity index (χ0v) is 9.49. The molecule has 0 radical (unpaired) electrons. The van der Waals surface area contributed by atoms with Gasteiger partial charge in [-0.3, -0.25) is 4.79 Å². The molecule has 0 atom stereocenters. The van der Waals surface area contributed by atoms with Crippen molar-refractivity contribution >= 4 is 19.0 Å². The van der Waals surface area contributed by atoms with Gasteiger partial charge in [-0.25, -0.2) is 0 Å². The zero-order chi connectivity index (χ0) is 12.7. The van der Waals surface area contributed by atoms with Crippen molar-refractivity contribution in [2.75, 3.05) is 13.3 Å². The molecule has 5 nitrogen and oxygen atoms in total. The maximum atomic E-state index is 10.4. The van der Waals surface area contributed by atoms with Crippen molar-refractivity contribution < 1.29 is 19.9 Å². The number of carbonyl (C=O) groups is 1. The second-order valence-electron chi connectivity index (χ2n) is 3.78. The molecule has 0 aliphatic carbocycles. The Morgan fingerprint density at radius 1 is 1.24 bits per heavy atom. The van der Waals surface area contributed by atoms with Crippen LogP contribution < -0.4 is 5.46 Å². The Kier molecular flexibility index (Phi) is 5.69. The molecule has 0 bridgehead atoms. The van der Waals surface area contributed by atoms with E-state index in [0.29, 0.717) is 18.4 Å². The first-order chi connectivity index (χ1) is 8.17. The largest absolute Gasteiger partial charge is 0.488 e. The van der Waals surface area contributed by atoms with Crippen LogP contribution in [0, 0.1) is 0 Å². The van der Waals surface area contributed by atoms with E-state index in [1.807, 2.05) is 12.1 Å². The fourth-order valence-corrected chi connectivity index (χ4v) is 1.50. The van der Waals surface area contributed by atoms with Gasteiger partial charge in [0, 0.05) is 6.54 Å². The third-order valence-electron chi connectivity index (χ3n) is 2.52. The van der Waals surface area contributed by atoms with Gasteiger partial charge in [0.25, 0.3) is 0 Å². The van der Waals surface area contributed by atoms with Crippen LogP contribution in [0.3, 0.4) is 0 Å². The number of rotatable bonds is 7. The van der Waals surface area contributed by atoms with E-state index in [9.17, 15) is 4.79 Å². The minimum absolute atomic E-state index is 0.265. The fraction of sp³-hybridized carbons (Fsp3) is 0.364. The van der Waals surface area contributed by atoms with Gasteiger partial charge in [-0.2, -0.15) is 0 Å². The van der Waals surface area contributed by atoms with Crippen LogP contribution in [0.5, 0.6) is 0 Å². The van der Waals surface area contributed by atoms with Crippen LogP contribution in [0.4, 0.5) is 0 Å². The van der Waals surface area contributed by atoms with Crippen LogP contribution in [0.1, 0.15) is 12.0 Å². The topological polar surface area (TPSA) is 81.0 Å². The summed E-state index contributed by atoms with van der Waals surface area (Å²) in [7, 11) is -1.44. The van der Waals surface area contributed by atoms with E-state index >= 15 is 0 Å². The van der Waals surface area contributed by atoms with Gasteiger partial charge in [0.15, 0.2) is 0 Å². The van der Waals surface area contributed by atoms with Crippen molar-refractivity contribution in [3.8, 4) is 0 Å². The van der Waals surface area contributed by atoms with Crippen LogP contribution >= 0.6 is 0 Å². The molecule has 1 amide bonds. The monoisotopic (exact) mass is 237 g/mol. The Hall–Kier alpha value is -1.37. The summed E-state index contributed by atoms with van der Waals surface area (Å²) >= 11 is 0. The van der Waals surface area contributed by atoms with Gasteiger partial charge in [0.1, 0.15) is 6.73 Å². The van der Waals surface area contributed by atoms with E-state index in [-0.39, 0.29) is 6.73 Å². The highest BCUT2D eigenvalue weighted by atomic mass is 16.4. The molecule has 1 aromatic carbocycles. The van der Waals surface area contributed by atoms with Gasteiger partial charge in [0.2, 0.25) is 6.41 Å². The predicted molar refractivity (Wildman–Crippen MR) is 64.4 cm³/mol.